The Balaban J connectivity index is 1.74. The van der Waals surface area contributed by atoms with E-state index in [2.05, 4.69) is 4.98 Å². The van der Waals surface area contributed by atoms with Gasteiger partial charge in [-0.3, -0.25) is 9.59 Å². The number of primary amides is 1. The molecule has 2 aromatic rings. The van der Waals surface area contributed by atoms with Gasteiger partial charge in [0.25, 0.3) is 5.91 Å². The molecule has 1 aliphatic heterocycles. The van der Waals surface area contributed by atoms with E-state index < -0.39 is 11.9 Å². The first-order valence-corrected chi connectivity index (χ1v) is 9.49. The van der Waals surface area contributed by atoms with Gasteiger partial charge in [-0.05, 0) is 43.4 Å². The molecule has 25 heavy (non-hydrogen) atoms. The van der Waals surface area contributed by atoms with Crippen molar-refractivity contribution in [1.29, 1.82) is 0 Å². The average molecular weight is 396 g/mol. The van der Waals surface area contributed by atoms with Crippen LogP contribution in [0.25, 0.3) is 10.4 Å². The fourth-order valence-corrected chi connectivity index (χ4v) is 4.73. The second-order valence-electron chi connectivity index (χ2n) is 6.47. The van der Waals surface area contributed by atoms with Gasteiger partial charge in [0.05, 0.1) is 19.9 Å². The first-order valence-electron chi connectivity index (χ1n) is 7.91. The topological polar surface area (TPSA) is 76.3 Å². The first-order chi connectivity index (χ1) is 11.9. The minimum atomic E-state index is -0.542. The lowest BCUT2D eigenvalue weighted by Crippen LogP contribution is -2.46. The first kappa shape index (κ1) is 16.8. The number of amides is 2. The largest absolute Gasteiger partial charge is 0.368 e. The maximum absolute atomic E-state index is 13.2. The molecule has 2 fully saturated rings. The third-order valence-electron chi connectivity index (χ3n) is 4.79. The van der Waals surface area contributed by atoms with Crippen LogP contribution in [0, 0.1) is 12.8 Å². The number of rotatable bonds is 3. The Morgan fingerprint density at radius 1 is 1.28 bits per heavy atom. The summed E-state index contributed by atoms with van der Waals surface area (Å²) in [6, 6.07) is 4.80. The predicted octanol–water partition coefficient (Wildman–Crippen LogP) is 3.51. The molecule has 130 valence electrons. The number of aryl methyl sites for hydroxylation is 1. The Morgan fingerprint density at radius 3 is 2.72 bits per heavy atom. The Morgan fingerprint density at radius 2 is 2.04 bits per heavy atom. The third-order valence-corrected chi connectivity index (χ3v) is 6.54. The van der Waals surface area contributed by atoms with Crippen LogP contribution in [0.2, 0.25) is 10.0 Å². The summed E-state index contributed by atoms with van der Waals surface area (Å²) in [4.78, 5) is 31.7. The fraction of sp³-hybridized carbons (Fsp3) is 0.353. The summed E-state index contributed by atoms with van der Waals surface area (Å²) >= 11 is 13.5. The van der Waals surface area contributed by atoms with Crippen LogP contribution >= 0.6 is 34.5 Å². The number of likely N-dealkylation sites (tertiary alicyclic amines) is 1. The molecule has 0 spiro atoms. The van der Waals surface area contributed by atoms with Crippen molar-refractivity contribution in [2.24, 2.45) is 11.7 Å². The van der Waals surface area contributed by atoms with Gasteiger partial charge in [-0.25, -0.2) is 4.98 Å². The zero-order valence-electron chi connectivity index (χ0n) is 13.3. The molecule has 0 radical (unpaired) electrons. The van der Waals surface area contributed by atoms with E-state index in [-0.39, 0.29) is 11.9 Å². The predicted molar refractivity (Wildman–Crippen MR) is 98.0 cm³/mol. The average Bonchev–Trinajstić information content (AvgIpc) is 3.05. The molecule has 8 heteroatoms. The van der Waals surface area contributed by atoms with E-state index in [0.29, 0.717) is 28.1 Å². The van der Waals surface area contributed by atoms with Crippen molar-refractivity contribution in [2.75, 3.05) is 0 Å². The van der Waals surface area contributed by atoms with Crippen LogP contribution in [-0.4, -0.2) is 33.8 Å². The number of nitrogens with zero attached hydrogens (tertiary/aromatic N) is 2. The van der Waals surface area contributed by atoms with E-state index in [1.807, 2.05) is 13.0 Å². The number of fused-ring (bicyclic) bond motifs is 1. The molecule has 1 aromatic carbocycles. The summed E-state index contributed by atoms with van der Waals surface area (Å²) in [5, 5.41) is 1.64. The molecule has 1 aliphatic carbocycles. The van der Waals surface area contributed by atoms with Gasteiger partial charge in [-0.2, -0.15) is 0 Å². The Kier molecular flexibility index (Phi) is 4.02. The van der Waals surface area contributed by atoms with E-state index in [1.54, 1.807) is 17.0 Å². The highest BCUT2D eigenvalue weighted by Gasteiger charge is 2.56. The fourth-order valence-electron chi connectivity index (χ4n) is 3.53. The third kappa shape index (κ3) is 2.82. The van der Waals surface area contributed by atoms with Gasteiger partial charge in [-0.1, -0.05) is 29.3 Å². The monoisotopic (exact) mass is 395 g/mol. The molecule has 2 heterocycles. The molecule has 4 rings (SSSR count). The van der Waals surface area contributed by atoms with Crippen LogP contribution in [0.3, 0.4) is 0 Å². The van der Waals surface area contributed by atoms with Crippen LogP contribution in [0.1, 0.15) is 28.3 Å². The van der Waals surface area contributed by atoms with E-state index >= 15 is 0 Å². The van der Waals surface area contributed by atoms with Crippen molar-refractivity contribution < 1.29 is 9.59 Å². The number of hydrogen-bond acceptors (Lipinski definition) is 4. The van der Waals surface area contributed by atoms with Gasteiger partial charge in [0.15, 0.2) is 0 Å². The second kappa shape index (κ2) is 5.97. The number of benzene rings is 1. The minimum absolute atomic E-state index is 0.105. The smallest absolute Gasteiger partial charge is 0.274 e. The van der Waals surface area contributed by atoms with Crippen molar-refractivity contribution in [3.8, 4) is 10.4 Å². The number of piperidine rings is 1. The van der Waals surface area contributed by atoms with E-state index in [4.69, 9.17) is 28.9 Å². The van der Waals surface area contributed by atoms with Crippen LogP contribution in [0.5, 0.6) is 0 Å². The molecule has 1 saturated carbocycles. The number of halogens is 2. The Hall–Kier alpha value is -1.63. The van der Waals surface area contributed by atoms with Crippen LogP contribution in [0.4, 0.5) is 0 Å². The summed E-state index contributed by atoms with van der Waals surface area (Å²) in [6.45, 7) is 1.85. The van der Waals surface area contributed by atoms with E-state index in [0.717, 1.165) is 21.9 Å². The number of carbonyl (C=O) groups is 2. The van der Waals surface area contributed by atoms with Crippen LogP contribution in [-0.2, 0) is 4.79 Å². The van der Waals surface area contributed by atoms with Crippen LogP contribution in [0.15, 0.2) is 18.2 Å². The molecular formula is C17H15Cl2N3O2S. The molecule has 2 aliphatic rings. The summed E-state index contributed by atoms with van der Waals surface area (Å²) in [7, 11) is 0. The quantitative estimate of drug-likeness (QED) is 0.863. The summed E-state index contributed by atoms with van der Waals surface area (Å²) in [6.07, 6.45) is 1.58. The molecular weight excluding hydrogens is 381 g/mol. The van der Waals surface area contributed by atoms with Gasteiger partial charge >= 0.3 is 0 Å². The zero-order chi connectivity index (χ0) is 17.9. The standard InChI is InChI=1S/C17H15Cl2N3O2S/c1-7-21-14(15(25-7)8-2-3-10(18)11(19)4-8)17(24)22-12-5-9(12)6-13(22)16(20)23/h2-4,9,12-13H,5-6H2,1H3,(H2,20,23)/t9-,12-,13-/m0/s1. The van der Waals surface area contributed by atoms with E-state index in [1.165, 1.54) is 11.3 Å². The molecule has 3 atom stereocenters. The maximum Gasteiger partial charge on any atom is 0.274 e. The second-order valence-corrected chi connectivity index (χ2v) is 8.49. The van der Waals surface area contributed by atoms with Gasteiger partial charge in [-0.15, -0.1) is 11.3 Å². The number of thiazole rings is 1. The lowest BCUT2D eigenvalue weighted by atomic mass is 10.1. The lowest BCUT2D eigenvalue weighted by Gasteiger charge is -2.24. The normalized spacial score (nSPS) is 24.3. The maximum atomic E-state index is 13.2. The lowest BCUT2D eigenvalue weighted by molar-refractivity contribution is -0.122. The molecule has 5 nitrogen and oxygen atoms in total. The number of carbonyl (C=O) groups excluding carboxylic acids is 2. The zero-order valence-corrected chi connectivity index (χ0v) is 15.7. The highest BCUT2D eigenvalue weighted by Crippen LogP contribution is 2.49. The highest BCUT2D eigenvalue weighted by molar-refractivity contribution is 7.15. The summed E-state index contributed by atoms with van der Waals surface area (Å²) in [5.41, 5.74) is 6.62. The van der Waals surface area contributed by atoms with Gasteiger partial charge < -0.3 is 10.6 Å². The van der Waals surface area contributed by atoms with Gasteiger partial charge in [0.1, 0.15) is 11.7 Å². The van der Waals surface area contributed by atoms with Crippen molar-refractivity contribution in [3.63, 3.8) is 0 Å². The molecule has 1 aromatic heterocycles. The van der Waals surface area contributed by atoms with Crippen molar-refractivity contribution >= 4 is 46.4 Å². The molecule has 2 amide bonds. The number of nitrogens with two attached hydrogens (primary N) is 1. The molecule has 0 unspecified atom stereocenters. The Labute approximate surface area is 158 Å². The summed E-state index contributed by atoms with van der Waals surface area (Å²) < 4.78 is 0. The van der Waals surface area contributed by atoms with Crippen molar-refractivity contribution in [1.82, 2.24) is 9.88 Å². The number of aromatic nitrogens is 1. The summed E-state index contributed by atoms with van der Waals surface area (Å²) in [5.74, 6) is -0.308. The van der Waals surface area contributed by atoms with Crippen molar-refractivity contribution in [2.45, 2.75) is 31.8 Å². The van der Waals surface area contributed by atoms with Gasteiger partial charge in [0.2, 0.25) is 5.91 Å². The molecule has 0 bridgehead atoms. The van der Waals surface area contributed by atoms with Gasteiger partial charge in [0, 0.05) is 6.04 Å². The van der Waals surface area contributed by atoms with E-state index in [9.17, 15) is 9.59 Å². The SMILES string of the molecule is Cc1nc(C(=O)N2[C@H](C(N)=O)C[C@@H]3C[C@@H]32)c(-c2ccc(Cl)c(Cl)c2)s1. The molecule has 1 saturated heterocycles. The highest BCUT2D eigenvalue weighted by atomic mass is 35.5. The number of hydrogen-bond donors (Lipinski definition) is 1. The van der Waals surface area contributed by atoms with Crippen LogP contribution < -0.4 is 5.73 Å². The Bertz CT molecular complexity index is 898. The molecule has 2 N–H and O–H groups in total. The minimum Gasteiger partial charge on any atom is -0.368 e. The van der Waals surface area contributed by atoms with Crippen molar-refractivity contribution in [3.05, 3.63) is 38.9 Å².